The molecular formula is C17H20FN3O4S. The number of hydrogen-bond acceptors (Lipinski definition) is 5. The van der Waals surface area contributed by atoms with Gasteiger partial charge in [0.15, 0.2) is 5.76 Å². The Labute approximate surface area is 151 Å². The van der Waals surface area contributed by atoms with E-state index in [2.05, 4.69) is 10.5 Å². The van der Waals surface area contributed by atoms with Gasteiger partial charge in [0.2, 0.25) is 15.9 Å². The van der Waals surface area contributed by atoms with Crippen molar-refractivity contribution in [3.63, 3.8) is 0 Å². The molecule has 1 N–H and O–H groups in total. The van der Waals surface area contributed by atoms with Crippen molar-refractivity contribution in [3.05, 3.63) is 47.1 Å². The van der Waals surface area contributed by atoms with E-state index in [1.165, 1.54) is 17.3 Å². The number of rotatable bonds is 5. The molecule has 1 atom stereocenters. The summed E-state index contributed by atoms with van der Waals surface area (Å²) in [6.07, 6.45) is 0.978. The van der Waals surface area contributed by atoms with Gasteiger partial charge >= 0.3 is 0 Å². The van der Waals surface area contributed by atoms with Crippen molar-refractivity contribution < 1.29 is 22.1 Å². The predicted octanol–water partition coefficient (Wildman–Crippen LogP) is 1.90. The molecule has 1 fully saturated rings. The number of benzene rings is 1. The summed E-state index contributed by atoms with van der Waals surface area (Å²) in [7, 11) is -3.90. The predicted molar refractivity (Wildman–Crippen MR) is 91.1 cm³/mol. The number of aryl methyl sites for hydroxylation is 2. The normalized spacial score (nSPS) is 18.2. The Hall–Kier alpha value is -2.26. The first-order valence-corrected chi connectivity index (χ1v) is 9.72. The maximum Gasteiger partial charge on any atom is 0.249 e. The van der Waals surface area contributed by atoms with E-state index >= 15 is 0 Å². The molecule has 9 heteroatoms. The molecule has 7 nitrogen and oxygen atoms in total. The average Bonchev–Trinajstić information content (AvgIpc) is 3.21. The molecule has 0 aliphatic carbocycles. The van der Waals surface area contributed by atoms with Crippen molar-refractivity contribution in [2.24, 2.45) is 0 Å². The van der Waals surface area contributed by atoms with Crippen LogP contribution in [0.2, 0.25) is 0 Å². The van der Waals surface area contributed by atoms with Gasteiger partial charge in [-0.3, -0.25) is 4.79 Å². The van der Waals surface area contributed by atoms with Gasteiger partial charge in [-0.15, -0.1) is 0 Å². The number of carbonyl (C=O) groups is 1. The summed E-state index contributed by atoms with van der Waals surface area (Å²) in [5.41, 5.74) is 0.610. The highest BCUT2D eigenvalue weighted by Gasteiger charge is 2.41. The molecule has 3 rings (SSSR count). The maximum absolute atomic E-state index is 13.7. The second kappa shape index (κ2) is 7.16. The van der Waals surface area contributed by atoms with Crippen molar-refractivity contribution in [1.82, 2.24) is 14.8 Å². The summed E-state index contributed by atoms with van der Waals surface area (Å²) < 4.78 is 45.7. The fraction of sp³-hybridized carbons (Fsp3) is 0.412. The zero-order valence-corrected chi connectivity index (χ0v) is 15.3. The van der Waals surface area contributed by atoms with Gasteiger partial charge in [0.05, 0.1) is 0 Å². The van der Waals surface area contributed by atoms with Crippen LogP contribution < -0.4 is 5.32 Å². The summed E-state index contributed by atoms with van der Waals surface area (Å²) in [6.45, 7) is 3.31. The lowest BCUT2D eigenvalue weighted by Crippen LogP contribution is -2.45. The molecule has 1 amide bonds. The van der Waals surface area contributed by atoms with E-state index in [1.54, 1.807) is 25.1 Å². The molecule has 1 aromatic carbocycles. The molecular weight excluding hydrogens is 361 g/mol. The van der Waals surface area contributed by atoms with E-state index in [1.807, 2.05) is 0 Å². The van der Waals surface area contributed by atoms with Gasteiger partial charge in [0.1, 0.15) is 22.4 Å². The van der Waals surface area contributed by atoms with Gasteiger partial charge in [0, 0.05) is 18.7 Å². The number of sulfonamides is 1. The van der Waals surface area contributed by atoms with Crippen LogP contribution in [0.3, 0.4) is 0 Å². The summed E-state index contributed by atoms with van der Waals surface area (Å²) in [5, 5.41) is 6.32. The molecule has 0 saturated carbocycles. The minimum atomic E-state index is -3.90. The minimum Gasteiger partial charge on any atom is -0.360 e. The zero-order chi connectivity index (χ0) is 18.9. The Kier molecular flexibility index (Phi) is 5.10. The monoisotopic (exact) mass is 381 g/mol. The Morgan fingerprint density at radius 2 is 2.12 bits per heavy atom. The molecule has 1 saturated heterocycles. The lowest BCUT2D eigenvalue weighted by atomic mass is 10.2. The molecule has 0 spiro atoms. The second-order valence-corrected chi connectivity index (χ2v) is 8.06. The molecule has 1 aromatic heterocycles. The molecule has 140 valence electrons. The van der Waals surface area contributed by atoms with Crippen LogP contribution in [-0.2, 0) is 21.4 Å². The molecule has 2 aromatic rings. The molecule has 26 heavy (non-hydrogen) atoms. The van der Waals surface area contributed by atoms with E-state index in [0.717, 1.165) is 0 Å². The van der Waals surface area contributed by atoms with Crippen LogP contribution in [0.4, 0.5) is 4.39 Å². The summed E-state index contributed by atoms with van der Waals surface area (Å²) in [6, 6.07) is 5.29. The highest BCUT2D eigenvalue weighted by Crippen LogP contribution is 2.29. The van der Waals surface area contributed by atoms with Crippen molar-refractivity contribution >= 4 is 15.9 Å². The number of nitrogens with zero attached hydrogens (tertiary/aromatic N) is 2. The Balaban J connectivity index is 1.77. The molecule has 1 aliphatic rings. The average molecular weight is 381 g/mol. The topological polar surface area (TPSA) is 92.5 Å². The lowest BCUT2D eigenvalue weighted by molar-refractivity contribution is -0.124. The van der Waals surface area contributed by atoms with E-state index < -0.39 is 27.8 Å². The quantitative estimate of drug-likeness (QED) is 0.854. The van der Waals surface area contributed by atoms with Crippen LogP contribution in [0.5, 0.6) is 0 Å². The van der Waals surface area contributed by atoms with Crippen molar-refractivity contribution in [2.45, 2.75) is 44.2 Å². The third-order valence-electron chi connectivity index (χ3n) is 4.45. The van der Waals surface area contributed by atoms with Crippen LogP contribution in [0.15, 0.2) is 33.7 Å². The highest BCUT2D eigenvalue weighted by molar-refractivity contribution is 7.89. The Morgan fingerprint density at radius 1 is 1.38 bits per heavy atom. The van der Waals surface area contributed by atoms with E-state index in [-0.39, 0.29) is 29.4 Å². The van der Waals surface area contributed by atoms with E-state index in [0.29, 0.717) is 18.4 Å². The third-order valence-corrected chi connectivity index (χ3v) is 6.61. The summed E-state index contributed by atoms with van der Waals surface area (Å²) >= 11 is 0. The Morgan fingerprint density at radius 3 is 2.77 bits per heavy atom. The fourth-order valence-corrected chi connectivity index (χ4v) is 5.14. The van der Waals surface area contributed by atoms with Crippen LogP contribution in [0.1, 0.15) is 29.9 Å². The number of amides is 1. The first-order valence-electron chi connectivity index (χ1n) is 8.28. The first-order chi connectivity index (χ1) is 12.3. The fourth-order valence-electron chi connectivity index (χ4n) is 3.19. The number of carbonyl (C=O) groups excluding carboxylic acids is 1. The van der Waals surface area contributed by atoms with E-state index in [4.69, 9.17) is 4.52 Å². The standard InChI is InChI=1S/C17H20FN3O4S/c1-11-16(12(2)25-20-11)26(23,24)21-9-5-8-15(21)17(22)19-10-13-6-3-4-7-14(13)18/h3-4,6-7,15H,5,8-10H2,1-2H3,(H,19,22)/t15-/m0/s1. The second-order valence-electron chi connectivity index (χ2n) is 6.24. The van der Waals surface area contributed by atoms with Gasteiger partial charge in [0.25, 0.3) is 0 Å². The van der Waals surface area contributed by atoms with Gasteiger partial charge in [-0.1, -0.05) is 23.4 Å². The van der Waals surface area contributed by atoms with Crippen LogP contribution in [0.25, 0.3) is 0 Å². The first kappa shape index (κ1) is 18.5. The van der Waals surface area contributed by atoms with Crippen LogP contribution in [0, 0.1) is 19.7 Å². The number of halogens is 1. The molecule has 0 radical (unpaired) electrons. The van der Waals surface area contributed by atoms with Crippen molar-refractivity contribution in [1.29, 1.82) is 0 Å². The van der Waals surface area contributed by atoms with Gasteiger partial charge in [-0.2, -0.15) is 4.31 Å². The van der Waals surface area contributed by atoms with Crippen LogP contribution >= 0.6 is 0 Å². The van der Waals surface area contributed by atoms with Gasteiger partial charge in [-0.05, 0) is 32.8 Å². The summed E-state index contributed by atoms with van der Waals surface area (Å²) in [4.78, 5) is 12.6. The Bertz CT molecular complexity index is 906. The smallest absolute Gasteiger partial charge is 0.249 e. The van der Waals surface area contributed by atoms with E-state index in [9.17, 15) is 17.6 Å². The van der Waals surface area contributed by atoms with Crippen LogP contribution in [-0.4, -0.2) is 36.4 Å². The number of hydrogen-bond donors (Lipinski definition) is 1. The van der Waals surface area contributed by atoms with Gasteiger partial charge < -0.3 is 9.84 Å². The molecule has 2 heterocycles. The molecule has 1 aliphatic heterocycles. The SMILES string of the molecule is Cc1noc(C)c1S(=O)(=O)N1CCC[C@H]1C(=O)NCc1ccccc1F. The highest BCUT2D eigenvalue weighted by atomic mass is 32.2. The lowest BCUT2D eigenvalue weighted by Gasteiger charge is -2.23. The van der Waals surface area contributed by atoms with Crippen molar-refractivity contribution in [2.75, 3.05) is 6.54 Å². The number of aromatic nitrogens is 1. The minimum absolute atomic E-state index is 0.00121. The number of nitrogens with one attached hydrogen (secondary N) is 1. The largest absolute Gasteiger partial charge is 0.360 e. The summed E-state index contributed by atoms with van der Waals surface area (Å²) in [5.74, 6) is -0.666. The third kappa shape index (κ3) is 3.36. The maximum atomic E-state index is 13.7. The zero-order valence-electron chi connectivity index (χ0n) is 14.5. The molecule has 0 unspecified atom stereocenters. The molecule has 0 bridgehead atoms. The van der Waals surface area contributed by atoms with Crippen molar-refractivity contribution in [3.8, 4) is 0 Å². The van der Waals surface area contributed by atoms with Gasteiger partial charge in [-0.25, -0.2) is 12.8 Å².